The standard InChI is InChI=1S/C24H23N3O4S/c1-15-25-21(16-5-3-2-4-6-16)22(32-15)24(29)27-11-9-17(10-12-27)23(28)26-18-7-8-19-20(13-18)31-14-30-19/h2-8,13,17H,9-12,14H2,1H3,(H,26,28). The zero-order valence-electron chi connectivity index (χ0n) is 17.7. The number of hydrogen-bond acceptors (Lipinski definition) is 6. The summed E-state index contributed by atoms with van der Waals surface area (Å²) < 4.78 is 10.7. The number of aromatic nitrogens is 1. The molecule has 2 aromatic carbocycles. The maximum atomic E-state index is 13.3. The van der Waals surface area contributed by atoms with Crippen LogP contribution in [0.15, 0.2) is 48.5 Å². The first kappa shape index (κ1) is 20.5. The lowest BCUT2D eigenvalue weighted by Crippen LogP contribution is -2.41. The molecule has 0 atom stereocenters. The Bertz CT molecular complexity index is 1150. The first-order chi connectivity index (χ1) is 15.6. The Morgan fingerprint density at radius 1 is 1.06 bits per heavy atom. The van der Waals surface area contributed by atoms with Crippen LogP contribution in [0.3, 0.4) is 0 Å². The molecule has 8 heteroatoms. The highest BCUT2D eigenvalue weighted by Crippen LogP contribution is 2.35. The molecule has 164 valence electrons. The molecule has 0 saturated carbocycles. The van der Waals surface area contributed by atoms with Crippen LogP contribution < -0.4 is 14.8 Å². The fourth-order valence-electron chi connectivity index (χ4n) is 4.07. The molecule has 2 aliphatic heterocycles. The monoisotopic (exact) mass is 449 g/mol. The molecule has 3 heterocycles. The maximum Gasteiger partial charge on any atom is 0.266 e. The lowest BCUT2D eigenvalue weighted by Gasteiger charge is -2.31. The van der Waals surface area contributed by atoms with Gasteiger partial charge in [-0.25, -0.2) is 4.98 Å². The van der Waals surface area contributed by atoms with E-state index in [0.717, 1.165) is 16.3 Å². The molecule has 0 radical (unpaired) electrons. The predicted octanol–water partition coefficient (Wildman–Crippen LogP) is 4.34. The summed E-state index contributed by atoms with van der Waals surface area (Å²) in [6.45, 7) is 3.21. The number of likely N-dealkylation sites (tertiary alicyclic amines) is 1. The van der Waals surface area contributed by atoms with E-state index >= 15 is 0 Å². The fourth-order valence-corrected chi connectivity index (χ4v) is 4.98. The number of carbonyl (C=O) groups is 2. The molecule has 0 spiro atoms. The zero-order chi connectivity index (χ0) is 22.1. The number of nitrogens with one attached hydrogen (secondary N) is 1. The Balaban J connectivity index is 1.22. The highest BCUT2D eigenvalue weighted by Gasteiger charge is 2.30. The summed E-state index contributed by atoms with van der Waals surface area (Å²) in [5, 5.41) is 3.83. The van der Waals surface area contributed by atoms with E-state index in [2.05, 4.69) is 10.3 Å². The molecule has 2 amide bonds. The Morgan fingerprint density at radius 3 is 2.59 bits per heavy atom. The summed E-state index contributed by atoms with van der Waals surface area (Å²) in [5.74, 6) is 1.14. The van der Waals surface area contributed by atoms with Gasteiger partial charge in [-0.2, -0.15) is 0 Å². The van der Waals surface area contributed by atoms with Gasteiger partial charge in [0.25, 0.3) is 5.91 Å². The van der Waals surface area contributed by atoms with Crippen LogP contribution in [0.25, 0.3) is 11.3 Å². The van der Waals surface area contributed by atoms with Crippen molar-refractivity contribution in [2.75, 3.05) is 25.2 Å². The minimum atomic E-state index is -0.138. The quantitative estimate of drug-likeness (QED) is 0.641. The van der Waals surface area contributed by atoms with E-state index in [1.807, 2.05) is 42.2 Å². The molecule has 1 fully saturated rings. The van der Waals surface area contributed by atoms with Gasteiger partial charge in [0.15, 0.2) is 11.5 Å². The second-order valence-corrected chi connectivity index (χ2v) is 9.10. The van der Waals surface area contributed by atoms with Gasteiger partial charge in [-0.05, 0) is 31.9 Å². The summed E-state index contributed by atoms with van der Waals surface area (Å²) >= 11 is 1.43. The molecular formula is C24H23N3O4S. The van der Waals surface area contributed by atoms with E-state index in [0.29, 0.717) is 48.0 Å². The molecule has 7 nitrogen and oxygen atoms in total. The van der Waals surface area contributed by atoms with E-state index in [9.17, 15) is 9.59 Å². The summed E-state index contributed by atoms with van der Waals surface area (Å²) in [6, 6.07) is 15.2. The molecule has 0 aliphatic carbocycles. The van der Waals surface area contributed by atoms with Crippen LogP contribution in [-0.4, -0.2) is 41.6 Å². The third kappa shape index (κ3) is 4.05. The van der Waals surface area contributed by atoms with Crippen LogP contribution in [-0.2, 0) is 4.79 Å². The highest BCUT2D eigenvalue weighted by atomic mass is 32.1. The van der Waals surface area contributed by atoms with Crippen molar-refractivity contribution in [1.29, 1.82) is 0 Å². The van der Waals surface area contributed by atoms with Gasteiger partial charge < -0.3 is 19.7 Å². The Labute approximate surface area is 190 Å². The lowest BCUT2D eigenvalue weighted by atomic mass is 9.95. The predicted molar refractivity (Wildman–Crippen MR) is 122 cm³/mol. The minimum absolute atomic E-state index is 0.0101. The number of nitrogens with zero attached hydrogens (tertiary/aromatic N) is 2. The number of ether oxygens (including phenoxy) is 2. The smallest absolute Gasteiger partial charge is 0.266 e. The van der Waals surface area contributed by atoms with Crippen molar-refractivity contribution in [3.8, 4) is 22.8 Å². The van der Waals surface area contributed by atoms with Crippen molar-refractivity contribution in [2.24, 2.45) is 5.92 Å². The summed E-state index contributed by atoms with van der Waals surface area (Å²) in [4.78, 5) is 33.1. The van der Waals surface area contributed by atoms with E-state index in [1.54, 1.807) is 18.2 Å². The molecule has 1 N–H and O–H groups in total. The van der Waals surface area contributed by atoms with Gasteiger partial charge in [0, 0.05) is 36.3 Å². The number of piperidine rings is 1. The van der Waals surface area contributed by atoms with Crippen LogP contribution >= 0.6 is 11.3 Å². The number of aryl methyl sites for hydroxylation is 1. The van der Waals surface area contributed by atoms with Gasteiger partial charge in [0.2, 0.25) is 12.7 Å². The largest absolute Gasteiger partial charge is 0.454 e. The van der Waals surface area contributed by atoms with Gasteiger partial charge in [-0.3, -0.25) is 9.59 Å². The van der Waals surface area contributed by atoms with Crippen LogP contribution in [0.4, 0.5) is 5.69 Å². The van der Waals surface area contributed by atoms with Gasteiger partial charge >= 0.3 is 0 Å². The number of benzene rings is 2. The average molecular weight is 450 g/mol. The van der Waals surface area contributed by atoms with Crippen LogP contribution in [0, 0.1) is 12.8 Å². The molecule has 32 heavy (non-hydrogen) atoms. The Hall–Kier alpha value is -3.39. The molecule has 5 rings (SSSR count). The van der Waals surface area contributed by atoms with Crippen molar-refractivity contribution in [1.82, 2.24) is 9.88 Å². The summed E-state index contributed by atoms with van der Waals surface area (Å²) in [7, 11) is 0. The molecule has 1 aromatic heterocycles. The summed E-state index contributed by atoms with van der Waals surface area (Å²) in [6.07, 6.45) is 1.25. The second kappa shape index (κ2) is 8.63. The number of amides is 2. The molecule has 2 aliphatic rings. The Morgan fingerprint density at radius 2 is 1.81 bits per heavy atom. The topological polar surface area (TPSA) is 80.8 Å². The van der Waals surface area contributed by atoms with E-state index in [1.165, 1.54) is 11.3 Å². The SMILES string of the molecule is Cc1nc(-c2ccccc2)c(C(=O)N2CCC(C(=O)Nc3ccc4c(c3)OCO4)CC2)s1. The zero-order valence-corrected chi connectivity index (χ0v) is 18.5. The normalized spacial score (nSPS) is 15.6. The highest BCUT2D eigenvalue weighted by molar-refractivity contribution is 7.14. The van der Waals surface area contributed by atoms with Crippen molar-refractivity contribution < 1.29 is 19.1 Å². The molecule has 1 saturated heterocycles. The van der Waals surface area contributed by atoms with E-state index < -0.39 is 0 Å². The van der Waals surface area contributed by atoms with E-state index in [-0.39, 0.29) is 24.5 Å². The summed E-state index contributed by atoms with van der Waals surface area (Å²) in [5.41, 5.74) is 2.37. The van der Waals surface area contributed by atoms with Crippen molar-refractivity contribution in [3.05, 3.63) is 58.4 Å². The first-order valence-corrected chi connectivity index (χ1v) is 11.4. The molecular weight excluding hydrogens is 426 g/mol. The Kier molecular flexibility index (Phi) is 5.53. The van der Waals surface area contributed by atoms with Crippen molar-refractivity contribution in [3.63, 3.8) is 0 Å². The minimum Gasteiger partial charge on any atom is -0.454 e. The third-order valence-corrected chi connectivity index (χ3v) is 6.73. The fraction of sp³-hybridized carbons (Fsp3) is 0.292. The van der Waals surface area contributed by atoms with Crippen molar-refractivity contribution in [2.45, 2.75) is 19.8 Å². The molecule has 0 unspecified atom stereocenters. The first-order valence-electron chi connectivity index (χ1n) is 10.6. The number of rotatable bonds is 4. The third-order valence-electron chi connectivity index (χ3n) is 5.77. The number of hydrogen-bond donors (Lipinski definition) is 1. The lowest BCUT2D eigenvalue weighted by molar-refractivity contribution is -0.121. The van der Waals surface area contributed by atoms with Crippen molar-refractivity contribution >= 4 is 28.8 Å². The second-order valence-electron chi connectivity index (χ2n) is 7.90. The number of thiazole rings is 1. The number of carbonyl (C=O) groups excluding carboxylic acids is 2. The average Bonchev–Trinajstić information content (AvgIpc) is 3.45. The number of anilines is 1. The number of fused-ring (bicyclic) bond motifs is 1. The van der Waals surface area contributed by atoms with Gasteiger partial charge in [-0.1, -0.05) is 30.3 Å². The molecule has 0 bridgehead atoms. The van der Waals surface area contributed by atoms with Gasteiger partial charge in [0.05, 0.1) is 10.7 Å². The maximum absolute atomic E-state index is 13.3. The molecule has 3 aromatic rings. The van der Waals surface area contributed by atoms with Gasteiger partial charge in [-0.15, -0.1) is 11.3 Å². The van der Waals surface area contributed by atoms with Crippen LogP contribution in [0.5, 0.6) is 11.5 Å². The van der Waals surface area contributed by atoms with Crippen LogP contribution in [0.2, 0.25) is 0 Å². The van der Waals surface area contributed by atoms with Gasteiger partial charge in [0.1, 0.15) is 4.88 Å². The van der Waals surface area contributed by atoms with Crippen LogP contribution in [0.1, 0.15) is 27.5 Å². The van der Waals surface area contributed by atoms with E-state index in [4.69, 9.17) is 9.47 Å².